The highest BCUT2D eigenvalue weighted by Gasteiger charge is 2.33. The molecule has 0 saturated carbocycles. The van der Waals surface area contributed by atoms with E-state index in [0.717, 1.165) is 0 Å². The summed E-state index contributed by atoms with van der Waals surface area (Å²) in [5.74, 6) is 0.561. The largest absolute Gasteiger partial charge is 0.440 e. The Labute approximate surface area is 59.2 Å². The van der Waals surface area contributed by atoms with Crippen molar-refractivity contribution in [1.82, 2.24) is 5.32 Å². The van der Waals surface area contributed by atoms with Crippen LogP contribution in [0.25, 0.3) is 0 Å². The maximum absolute atomic E-state index is 10.5. The van der Waals surface area contributed by atoms with E-state index >= 15 is 0 Å². The van der Waals surface area contributed by atoms with Crippen LogP contribution in [0.3, 0.4) is 0 Å². The van der Waals surface area contributed by atoms with Gasteiger partial charge in [-0.05, 0) is 6.92 Å². The first-order valence-corrected chi connectivity index (χ1v) is 3.37. The Morgan fingerprint density at radius 2 is 2.67 bits per heavy atom. The first-order chi connectivity index (χ1) is 4.16. The van der Waals surface area contributed by atoms with Crippen molar-refractivity contribution in [3.63, 3.8) is 0 Å². The maximum atomic E-state index is 10.5. The molecule has 1 atom stereocenters. The van der Waals surface area contributed by atoms with Crippen LogP contribution in [-0.4, -0.2) is 24.0 Å². The minimum absolute atomic E-state index is 0.341. The molecule has 4 heteroatoms. The molecule has 1 fully saturated rings. The maximum Gasteiger partial charge on any atom is 0.407 e. The third-order valence-corrected chi connectivity index (χ3v) is 1.95. The van der Waals surface area contributed by atoms with Gasteiger partial charge in [0, 0.05) is 5.75 Å². The molecule has 52 valence electrons. The fraction of sp³-hybridized carbons (Fsp3) is 0.800. The molecule has 0 aromatic rings. The molecule has 0 aliphatic carbocycles. The standard InChI is InChI=1S/C5H9NO2S/c1-5(3-9)2-6-4(7)8-5/h9H,2-3H2,1H3,(H,6,7). The van der Waals surface area contributed by atoms with Crippen molar-refractivity contribution in [1.29, 1.82) is 0 Å². The topological polar surface area (TPSA) is 38.3 Å². The first kappa shape index (κ1) is 6.74. The lowest BCUT2D eigenvalue weighted by Crippen LogP contribution is -2.30. The molecule has 1 heterocycles. The number of hydrogen-bond acceptors (Lipinski definition) is 3. The molecule has 9 heavy (non-hydrogen) atoms. The van der Waals surface area contributed by atoms with Gasteiger partial charge >= 0.3 is 6.09 Å². The average molecular weight is 147 g/mol. The number of nitrogens with one attached hydrogen (secondary N) is 1. The van der Waals surface area contributed by atoms with E-state index in [1.165, 1.54) is 0 Å². The second-order valence-electron chi connectivity index (χ2n) is 2.35. The third-order valence-electron chi connectivity index (χ3n) is 1.28. The molecule has 3 nitrogen and oxygen atoms in total. The number of carbonyl (C=O) groups excluding carboxylic acids is 1. The zero-order valence-corrected chi connectivity index (χ0v) is 6.07. The predicted molar refractivity (Wildman–Crippen MR) is 36.7 cm³/mol. The van der Waals surface area contributed by atoms with Crippen molar-refractivity contribution in [2.45, 2.75) is 12.5 Å². The van der Waals surface area contributed by atoms with Crippen LogP contribution < -0.4 is 5.32 Å². The molecule has 0 aromatic carbocycles. The Kier molecular flexibility index (Phi) is 1.57. The van der Waals surface area contributed by atoms with E-state index in [4.69, 9.17) is 4.74 Å². The lowest BCUT2D eigenvalue weighted by Gasteiger charge is -2.16. The Morgan fingerprint density at radius 1 is 2.00 bits per heavy atom. The number of ether oxygens (including phenoxy) is 1. The minimum Gasteiger partial charge on any atom is -0.440 e. The van der Waals surface area contributed by atoms with E-state index in [1.807, 2.05) is 6.92 Å². The van der Waals surface area contributed by atoms with Gasteiger partial charge in [-0.1, -0.05) is 0 Å². The minimum atomic E-state index is -0.389. The van der Waals surface area contributed by atoms with E-state index in [9.17, 15) is 4.79 Å². The SMILES string of the molecule is CC1(CS)CNC(=O)O1. The summed E-state index contributed by atoms with van der Waals surface area (Å²) in [7, 11) is 0. The van der Waals surface area contributed by atoms with Gasteiger partial charge in [-0.2, -0.15) is 12.6 Å². The molecule has 0 spiro atoms. The summed E-state index contributed by atoms with van der Waals surface area (Å²) in [6.45, 7) is 2.41. The van der Waals surface area contributed by atoms with Gasteiger partial charge in [-0.3, -0.25) is 0 Å². The van der Waals surface area contributed by atoms with Crippen LogP contribution in [0.1, 0.15) is 6.92 Å². The van der Waals surface area contributed by atoms with Crippen LogP contribution in [0, 0.1) is 0 Å². The summed E-state index contributed by atoms with van der Waals surface area (Å²) in [4.78, 5) is 10.5. The molecule has 1 amide bonds. The summed E-state index contributed by atoms with van der Waals surface area (Å²) >= 11 is 4.02. The smallest absolute Gasteiger partial charge is 0.407 e. The van der Waals surface area contributed by atoms with E-state index in [-0.39, 0.29) is 11.7 Å². The van der Waals surface area contributed by atoms with Gasteiger partial charge in [0.2, 0.25) is 0 Å². The van der Waals surface area contributed by atoms with E-state index in [1.54, 1.807) is 0 Å². The van der Waals surface area contributed by atoms with Gasteiger partial charge in [0.05, 0.1) is 6.54 Å². The second kappa shape index (κ2) is 2.10. The molecule has 1 unspecified atom stereocenters. The van der Waals surface area contributed by atoms with Crippen LogP contribution in [0.4, 0.5) is 4.79 Å². The monoisotopic (exact) mass is 147 g/mol. The lowest BCUT2D eigenvalue weighted by molar-refractivity contribution is 0.0907. The zero-order chi connectivity index (χ0) is 6.91. The molecule has 0 bridgehead atoms. The molecular weight excluding hydrogens is 138 g/mol. The highest BCUT2D eigenvalue weighted by atomic mass is 32.1. The molecule has 1 aliphatic rings. The van der Waals surface area contributed by atoms with Gasteiger partial charge < -0.3 is 10.1 Å². The number of amides is 1. The summed E-state index contributed by atoms with van der Waals surface area (Å²) in [6, 6.07) is 0. The van der Waals surface area contributed by atoms with Crippen molar-refractivity contribution in [2.75, 3.05) is 12.3 Å². The Hall–Kier alpha value is -0.380. The molecular formula is C5H9NO2S. The number of hydrogen-bond donors (Lipinski definition) is 2. The van der Waals surface area contributed by atoms with Crippen LogP contribution in [0.2, 0.25) is 0 Å². The number of thiol groups is 1. The molecule has 1 saturated heterocycles. The van der Waals surface area contributed by atoms with E-state index in [0.29, 0.717) is 12.3 Å². The van der Waals surface area contributed by atoms with Crippen LogP contribution in [-0.2, 0) is 4.74 Å². The highest BCUT2D eigenvalue weighted by Crippen LogP contribution is 2.15. The average Bonchev–Trinajstić information content (AvgIpc) is 2.13. The van der Waals surface area contributed by atoms with Crippen molar-refractivity contribution in [3.05, 3.63) is 0 Å². The lowest BCUT2D eigenvalue weighted by atomic mass is 10.1. The second-order valence-corrected chi connectivity index (χ2v) is 2.67. The quantitative estimate of drug-likeness (QED) is 0.527. The van der Waals surface area contributed by atoms with E-state index < -0.39 is 0 Å². The Balaban J connectivity index is 2.54. The summed E-state index contributed by atoms with van der Waals surface area (Å²) < 4.78 is 4.87. The van der Waals surface area contributed by atoms with Crippen LogP contribution in [0.15, 0.2) is 0 Å². The van der Waals surface area contributed by atoms with Gasteiger partial charge in [0.1, 0.15) is 5.60 Å². The number of cyclic esters (lactones) is 1. The fourth-order valence-corrected chi connectivity index (χ4v) is 0.820. The van der Waals surface area contributed by atoms with E-state index in [2.05, 4.69) is 17.9 Å². The normalized spacial score (nSPS) is 33.8. The van der Waals surface area contributed by atoms with Crippen molar-refractivity contribution in [3.8, 4) is 0 Å². The number of carbonyl (C=O) groups is 1. The summed E-state index contributed by atoms with van der Waals surface area (Å²) in [5, 5.41) is 2.55. The van der Waals surface area contributed by atoms with Crippen LogP contribution in [0.5, 0.6) is 0 Å². The Morgan fingerprint density at radius 3 is 2.89 bits per heavy atom. The van der Waals surface area contributed by atoms with Crippen molar-refractivity contribution < 1.29 is 9.53 Å². The molecule has 0 radical (unpaired) electrons. The molecule has 1 N–H and O–H groups in total. The highest BCUT2D eigenvalue weighted by molar-refractivity contribution is 7.80. The summed E-state index contributed by atoms with van der Waals surface area (Å²) in [6.07, 6.45) is -0.341. The van der Waals surface area contributed by atoms with Gasteiger partial charge in [0.25, 0.3) is 0 Å². The van der Waals surface area contributed by atoms with Crippen LogP contribution >= 0.6 is 12.6 Å². The molecule has 1 aliphatic heterocycles. The third kappa shape index (κ3) is 1.30. The van der Waals surface area contributed by atoms with Crippen molar-refractivity contribution >= 4 is 18.7 Å². The number of alkyl carbamates (subject to hydrolysis) is 1. The van der Waals surface area contributed by atoms with Gasteiger partial charge in [-0.25, -0.2) is 4.79 Å². The molecule has 0 aromatic heterocycles. The summed E-state index contributed by atoms with van der Waals surface area (Å²) in [5.41, 5.74) is -0.389. The zero-order valence-electron chi connectivity index (χ0n) is 5.18. The first-order valence-electron chi connectivity index (χ1n) is 2.74. The fourth-order valence-electron chi connectivity index (χ4n) is 0.643. The van der Waals surface area contributed by atoms with Gasteiger partial charge in [0.15, 0.2) is 0 Å². The predicted octanol–water partition coefficient (Wildman–Crippen LogP) is 0.415. The number of rotatable bonds is 1. The van der Waals surface area contributed by atoms with Gasteiger partial charge in [-0.15, -0.1) is 0 Å². The van der Waals surface area contributed by atoms with Crippen molar-refractivity contribution in [2.24, 2.45) is 0 Å². The molecule has 1 rings (SSSR count). The Bertz CT molecular complexity index is 139.